The van der Waals surface area contributed by atoms with Crippen molar-refractivity contribution in [3.8, 4) is 0 Å². The maximum absolute atomic E-state index is 11.5. The van der Waals surface area contributed by atoms with Crippen molar-refractivity contribution in [3.05, 3.63) is 0 Å². The van der Waals surface area contributed by atoms with Crippen LogP contribution in [0.1, 0.15) is 73.1 Å². The first-order valence-corrected chi connectivity index (χ1v) is 9.58. The zero-order valence-electron chi connectivity index (χ0n) is 15.9. The first-order valence-electron chi connectivity index (χ1n) is 9.58. The number of amides is 1. The van der Waals surface area contributed by atoms with Gasteiger partial charge in [-0.05, 0) is 51.4 Å². The number of hydrogen-bond donors (Lipinski definition) is 2. The first kappa shape index (κ1) is 19.7. The van der Waals surface area contributed by atoms with Crippen molar-refractivity contribution in [1.29, 1.82) is 0 Å². The summed E-state index contributed by atoms with van der Waals surface area (Å²) < 4.78 is 11.8. The number of aliphatic hydroxyl groups is 1. The number of primary amides is 1. The molecule has 0 aromatic rings. The Hall–Kier alpha value is -0.650. The van der Waals surface area contributed by atoms with E-state index in [-0.39, 0.29) is 23.2 Å². The quantitative estimate of drug-likeness (QED) is 0.566. The van der Waals surface area contributed by atoms with Gasteiger partial charge in [0.25, 0.3) is 0 Å². The fraction of sp³-hybridized carbons (Fsp3) is 0.947. The van der Waals surface area contributed by atoms with Crippen LogP contribution < -0.4 is 5.73 Å². The van der Waals surface area contributed by atoms with Crippen LogP contribution in [-0.2, 0) is 14.3 Å². The minimum atomic E-state index is -0.699. The standard InChI is InChI=1S/C19H35NO4/c1-6-14(17(20)22)16(21)12(4)11-19(8-3)15(24-19)9-10-18(7-2)13(5)23-18/h12-16,21H,6-11H2,1-5H3,(H2,20,22)/t12-,13+,14+,15+,16-,18+,19+/m0/s1. The Morgan fingerprint density at radius 3 is 2.21 bits per heavy atom. The molecule has 0 aromatic heterocycles. The van der Waals surface area contributed by atoms with Gasteiger partial charge in [0.05, 0.1) is 35.4 Å². The average Bonchev–Trinajstić information content (AvgIpc) is 3.41. The van der Waals surface area contributed by atoms with Crippen molar-refractivity contribution in [2.45, 2.75) is 103 Å². The monoisotopic (exact) mass is 341 g/mol. The van der Waals surface area contributed by atoms with Crippen LogP contribution in [-0.4, -0.2) is 40.5 Å². The summed E-state index contributed by atoms with van der Waals surface area (Å²) in [5.41, 5.74) is 5.33. The molecule has 0 aliphatic carbocycles. The third kappa shape index (κ3) is 3.78. The summed E-state index contributed by atoms with van der Waals surface area (Å²) in [5.74, 6) is -0.903. The molecule has 0 aromatic carbocycles. The summed E-state index contributed by atoms with van der Waals surface area (Å²) in [5, 5.41) is 10.5. The second kappa shape index (κ2) is 7.30. The number of carbonyl (C=O) groups is 1. The molecule has 24 heavy (non-hydrogen) atoms. The van der Waals surface area contributed by atoms with E-state index in [2.05, 4.69) is 20.8 Å². The van der Waals surface area contributed by atoms with Crippen LogP contribution in [0, 0.1) is 11.8 Å². The van der Waals surface area contributed by atoms with E-state index in [0.717, 1.165) is 32.1 Å². The highest BCUT2D eigenvalue weighted by Gasteiger charge is 2.58. The van der Waals surface area contributed by atoms with Crippen molar-refractivity contribution in [2.24, 2.45) is 17.6 Å². The van der Waals surface area contributed by atoms with E-state index in [1.54, 1.807) is 0 Å². The Bertz CT molecular complexity index is 453. The maximum Gasteiger partial charge on any atom is 0.223 e. The summed E-state index contributed by atoms with van der Waals surface area (Å²) in [6, 6.07) is 0. The molecule has 0 spiro atoms. The van der Waals surface area contributed by atoms with Crippen molar-refractivity contribution in [3.63, 3.8) is 0 Å². The van der Waals surface area contributed by atoms with Crippen LogP contribution in [0.25, 0.3) is 0 Å². The second-order valence-corrected chi connectivity index (χ2v) is 7.83. The van der Waals surface area contributed by atoms with E-state index < -0.39 is 17.9 Å². The van der Waals surface area contributed by atoms with Crippen LogP contribution in [0.5, 0.6) is 0 Å². The van der Waals surface area contributed by atoms with E-state index in [9.17, 15) is 9.90 Å². The summed E-state index contributed by atoms with van der Waals surface area (Å²) in [6.07, 6.45) is 5.25. The predicted octanol–water partition coefficient (Wildman–Crippen LogP) is 2.78. The van der Waals surface area contributed by atoms with Gasteiger partial charge in [-0.25, -0.2) is 0 Å². The molecule has 0 unspecified atom stereocenters. The Balaban J connectivity index is 1.87. The normalized spacial score (nSPS) is 38.4. The lowest BCUT2D eigenvalue weighted by molar-refractivity contribution is -0.127. The van der Waals surface area contributed by atoms with Gasteiger partial charge in [-0.1, -0.05) is 27.7 Å². The Morgan fingerprint density at radius 1 is 1.21 bits per heavy atom. The summed E-state index contributed by atoms with van der Waals surface area (Å²) in [7, 11) is 0. The first-order chi connectivity index (χ1) is 11.2. The third-order valence-corrected chi connectivity index (χ3v) is 6.50. The fourth-order valence-electron chi connectivity index (χ4n) is 4.38. The number of nitrogens with two attached hydrogens (primary N) is 1. The van der Waals surface area contributed by atoms with E-state index >= 15 is 0 Å². The number of carbonyl (C=O) groups excluding carboxylic acids is 1. The molecule has 0 saturated carbocycles. The maximum atomic E-state index is 11.5. The van der Waals surface area contributed by atoms with E-state index in [1.807, 2.05) is 13.8 Å². The van der Waals surface area contributed by atoms with Gasteiger partial charge in [0.1, 0.15) is 0 Å². The van der Waals surface area contributed by atoms with Gasteiger partial charge in [-0.2, -0.15) is 0 Å². The Kier molecular flexibility index (Phi) is 5.99. The Morgan fingerprint density at radius 2 is 1.79 bits per heavy atom. The van der Waals surface area contributed by atoms with Gasteiger partial charge < -0.3 is 20.3 Å². The zero-order chi connectivity index (χ0) is 18.1. The van der Waals surface area contributed by atoms with Crippen molar-refractivity contribution in [1.82, 2.24) is 0 Å². The number of rotatable bonds is 11. The number of epoxide rings is 2. The Labute approximate surface area is 146 Å². The molecule has 0 radical (unpaired) electrons. The fourth-order valence-corrected chi connectivity index (χ4v) is 4.38. The molecular weight excluding hydrogens is 306 g/mol. The molecule has 5 nitrogen and oxygen atoms in total. The van der Waals surface area contributed by atoms with Gasteiger partial charge in [0.15, 0.2) is 0 Å². The lowest BCUT2D eigenvalue weighted by Crippen LogP contribution is -2.38. The molecule has 2 fully saturated rings. The highest BCUT2D eigenvalue weighted by molar-refractivity contribution is 5.77. The molecule has 2 rings (SSSR count). The van der Waals surface area contributed by atoms with Gasteiger partial charge in [-0.15, -0.1) is 0 Å². The highest BCUT2D eigenvalue weighted by Crippen LogP contribution is 2.51. The third-order valence-electron chi connectivity index (χ3n) is 6.50. The minimum Gasteiger partial charge on any atom is -0.392 e. The number of aliphatic hydroxyl groups excluding tert-OH is 1. The molecule has 140 valence electrons. The summed E-state index contributed by atoms with van der Waals surface area (Å²) in [4.78, 5) is 11.5. The number of hydrogen-bond acceptors (Lipinski definition) is 4. The van der Waals surface area contributed by atoms with Gasteiger partial charge in [0.2, 0.25) is 5.91 Å². The molecule has 2 saturated heterocycles. The molecule has 2 aliphatic heterocycles. The predicted molar refractivity (Wildman–Crippen MR) is 93.5 cm³/mol. The summed E-state index contributed by atoms with van der Waals surface area (Å²) >= 11 is 0. The summed E-state index contributed by atoms with van der Waals surface area (Å²) in [6.45, 7) is 10.3. The van der Waals surface area contributed by atoms with Crippen LogP contribution in [0.2, 0.25) is 0 Å². The topological polar surface area (TPSA) is 88.4 Å². The highest BCUT2D eigenvalue weighted by atomic mass is 16.6. The van der Waals surface area contributed by atoms with Crippen LogP contribution >= 0.6 is 0 Å². The average molecular weight is 341 g/mol. The van der Waals surface area contributed by atoms with E-state index in [1.165, 1.54) is 0 Å². The minimum absolute atomic E-state index is 0.0105. The van der Waals surface area contributed by atoms with Gasteiger partial charge in [-0.3, -0.25) is 4.79 Å². The molecular formula is C19H35NO4. The van der Waals surface area contributed by atoms with Gasteiger partial charge >= 0.3 is 0 Å². The molecule has 2 heterocycles. The van der Waals surface area contributed by atoms with Crippen molar-refractivity contribution >= 4 is 5.91 Å². The lowest BCUT2D eigenvalue weighted by atomic mass is 9.81. The van der Waals surface area contributed by atoms with Crippen molar-refractivity contribution < 1.29 is 19.4 Å². The van der Waals surface area contributed by atoms with Crippen LogP contribution in [0.3, 0.4) is 0 Å². The molecule has 0 bridgehead atoms. The van der Waals surface area contributed by atoms with Gasteiger partial charge in [0, 0.05) is 0 Å². The smallest absolute Gasteiger partial charge is 0.223 e. The number of ether oxygens (including phenoxy) is 2. The molecule has 3 N–H and O–H groups in total. The van der Waals surface area contributed by atoms with E-state index in [0.29, 0.717) is 12.5 Å². The molecule has 1 amide bonds. The van der Waals surface area contributed by atoms with Crippen LogP contribution in [0.15, 0.2) is 0 Å². The van der Waals surface area contributed by atoms with Crippen LogP contribution in [0.4, 0.5) is 0 Å². The largest absolute Gasteiger partial charge is 0.392 e. The lowest BCUT2D eigenvalue weighted by Gasteiger charge is -2.27. The zero-order valence-corrected chi connectivity index (χ0v) is 15.9. The van der Waals surface area contributed by atoms with Crippen molar-refractivity contribution in [2.75, 3.05) is 0 Å². The molecule has 2 aliphatic rings. The molecule has 5 heteroatoms. The SMILES string of the molecule is CC[C@@H](C(N)=O)[C@@H](O)[C@@H](C)C[C@@]1(CC)O[C@@H]1CC[C@@]1(CC)O[C@@H]1C. The second-order valence-electron chi connectivity index (χ2n) is 7.83. The van der Waals surface area contributed by atoms with E-state index in [4.69, 9.17) is 15.2 Å². The molecule has 7 atom stereocenters.